The summed E-state index contributed by atoms with van der Waals surface area (Å²) in [5.41, 5.74) is 2.19. The van der Waals surface area contributed by atoms with Gasteiger partial charge in [-0.2, -0.15) is 5.26 Å². The summed E-state index contributed by atoms with van der Waals surface area (Å²) in [6, 6.07) is 12.6. The molecule has 0 aromatic heterocycles. The minimum absolute atomic E-state index is 0.0242. The molecule has 0 saturated heterocycles. The molecule has 134 valence electrons. The van der Waals surface area contributed by atoms with Gasteiger partial charge in [-0.3, -0.25) is 4.79 Å². The first-order chi connectivity index (χ1) is 12.5. The molecule has 5 nitrogen and oxygen atoms in total. The predicted octanol–water partition coefficient (Wildman–Crippen LogP) is 4.66. The lowest BCUT2D eigenvalue weighted by Gasteiger charge is -2.10. The third kappa shape index (κ3) is 4.64. The van der Waals surface area contributed by atoms with Gasteiger partial charge in [0.05, 0.1) is 11.1 Å². The first-order valence-electron chi connectivity index (χ1n) is 8.16. The lowest BCUT2D eigenvalue weighted by molar-refractivity contribution is -0.112. The van der Waals surface area contributed by atoms with Gasteiger partial charge in [-0.1, -0.05) is 25.1 Å². The van der Waals surface area contributed by atoms with E-state index >= 15 is 0 Å². The third-order valence-corrected chi connectivity index (χ3v) is 4.28. The summed E-state index contributed by atoms with van der Waals surface area (Å²) in [6.07, 6.45) is 2.22. The van der Waals surface area contributed by atoms with Crippen molar-refractivity contribution >= 4 is 33.6 Å². The maximum Gasteiger partial charge on any atom is 0.266 e. The fourth-order valence-electron chi connectivity index (χ4n) is 2.40. The standard InChI is InChI=1S/C20H19BrN2O3/c1-3-14-7-5-6-8-17(14)23-20(25)15(12-22)9-13-10-16(21)19(24)18(11-13)26-4-2/h5-11,24H,3-4H2,1-2H3,(H,23,25)/b15-9+. The molecule has 0 spiro atoms. The lowest BCUT2D eigenvalue weighted by Crippen LogP contribution is -2.14. The Morgan fingerprint density at radius 2 is 2.08 bits per heavy atom. The molecule has 0 aliphatic heterocycles. The number of benzene rings is 2. The molecule has 2 aromatic rings. The van der Waals surface area contributed by atoms with Crippen LogP contribution in [0.1, 0.15) is 25.0 Å². The van der Waals surface area contributed by atoms with Gasteiger partial charge in [0.2, 0.25) is 0 Å². The number of hydrogen-bond donors (Lipinski definition) is 2. The van der Waals surface area contributed by atoms with Crippen LogP contribution in [0.5, 0.6) is 11.5 Å². The minimum Gasteiger partial charge on any atom is -0.503 e. The van der Waals surface area contributed by atoms with Gasteiger partial charge in [0.1, 0.15) is 11.6 Å². The molecule has 0 aliphatic carbocycles. The molecular weight excluding hydrogens is 396 g/mol. The number of carbonyl (C=O) groups excluding carboxylic acids is 1. The zero-order chi connectivity index (χ0) is 19.1. The second-order valence-electron chi connectivity index (χ2n) is 5.42. The molecule has 6 heteroatoms. The smallest absolute Gasteiger partial charge is 0.266 e. The van der Waals surface area contributed by atoms with Gasteiger partial charge in [0.15, 0.2) is 11.5 Å². The van der Waals surface area contributed by atoms with Crippen molar-refractivity contribution in [3.8, 4) is 17.6 Å². The number of ether oxygens (including phenoxy) is 1. The van der Waals surface area contributed by atoms with E-state index in [4.69, 9.17) is 4.74 Å². The van der Waals surface area contributed by atoms with E-state index in [1.165, 1.54) is 6.08 Å². The van der Waals surface area contributed by atoms with E-state index in [9.17, 15) is 15.2 Å². The van der Waals surface area contributed by atoms with Crippen molar-refractivity contribution in [2.24, 2.45) is 0 Å². The number of nitriles is 1. The number of carbonyl (C=O) groups is 1. The number of nitrogens with zero attached hydrogens (tertiary/aromatic N) is 1. The van der Waals surface area contributed by atoms with Crippen LogP contribution in [0.15, 0.2) is 46.4 Å². The second-order valence-corrected chi connectivity index (χ2v) is 6.27. The van der Waals surface area contributed by atoms with Gasteiger partial charge in [0.25, 0.3) is 5.91 Å². The van der Waals surface area contributed by atoms with E-state index in [0.29, 0.717) is 22.3 Å². The predicted molar refractivity (Wildman–Crippen MR) is 105 cm³/mol. The first kappa shape index (κ1) is 19.5. The number of halogens is 1. The van der Waals surface area contributed by atoms with Crippen LogP contribution in [0.4, 0.5) is 5.69 Å². The molecule has 0 fully saturated rings. The van der Waals surface area contributed by atoms with Crippen LogP contribution in [0.3, 0.4) is 0 Å². The number of rotatable bonds is 6. The molecule has 2 N–H and O–H groups in total. The Hall–Kier alpha value is -2.78. The van der Waals surface area contributed by atoms with Crippen LogP contribution < -0.4 is 10.1 Å². The quantitative estimate of drug-likeness (QED) is 0.531. The molecule has 0 heterocycles. The van der Waals surface area contributed by atoms with E-state index < -0.39 is 5.91 Å². The maximum atomic E-state index is 12.5. The van der Waals surface area contributed by atoms with E-state index in [2.05, 4.69) is 21.2 Å². The van der Waals surface area contributed by atoms with Crippen LogP contribution in [0.25, 0.3) is 6.08 Å². The van der Waals surface area contributed by atoms with Gasteiger partial charge >= 0.3 is 0 Å². The number of hydrogen-bond acceptors (Lipinski definition) is 4. The molecule has 2 rings (SSSR count). The zero-order valence-corrected chi connectivity index (χ0v) is 16.1. The highest BCUT2D eigenvalue weighted by molar-refractivity contribution is 9.10. The summed E-state index contributed by atoms with van der Waals surface area (Å²) >= 11 is 3.25. The summed E-state index contributed by atoms with van der Waals surface area (Å²) in [7, 11) is 0. The van der Waals surface area contributed by atoms with Gasteiger partial charge in [-0.15, -0.1) is 0 Å². The van der Waals surface area contributed by atoms with Gasteiger partial charge in [-0.25, -0.2) is 0 Å². The largest absolute Gasteiger partial charge is 0.503 e. The summed E-state index contributed by atoms with van der Waals surface area (Å²) < 4.78 is 5.79. The fourth-order valence-corrected chi connectivity index (χ4v) is 2.86. The lowest BCUT2D eigenvalue weighted by atomic mass is 10.1. The number of phenols is 1. The van der Waals surface area contributed by atoms with Crippen molar-refractivity contribution in [1.29, 1.82) is 5.26 Å². The van der Waals surface area contributed by atoms with Crippen LogP contribution in [-0.2, 0) is 11.2 Å². The Morgan fingerprint density at radius 3 is 2.73 bits per heavy atom. The van der Waals surface area contributed by atoms with Crippen LogP contribution >= 0.6 is 15.9 Å². The number of nitrogens with one attached hydrogen (secondary N) is 1. The summed E-state index contributed by atoms with van der Waals surface area (Å²) in [5.74, 6) is -0.235. The summed E-state index contributed by atoms with van der Waals surface area (Å²) in [6.45, 7) is 4.18. The number of amides is 1. The molecule has 0 aliphatic rings. The van der Waals surface area contributed by atoms with Crippen molar-refractivity contribution in [3.05, 3.63) is 57.6 Å². The Bertz CT molecular complexity index is 885. The molecule has 0 bridgehead atoms. The van der Waals surface area contributed by atoms with E-state index in [1.807, 2.05) is 31.2 Å². The number of aryl methyl sites for hydroxylation is 1. The number of anilines is 1. The molecule has 2 aromatic carbocycles. The van der Waals surface area contributed by atoms with Gasteiger partial charge in [-0.05, 0) is 64.7 Å². The Morgan fingerprint density at radius 1 is 1.35 bits per heavy atom. The maximum absolute atomic E-state index is 12.5. The SMILES string of the molecule is CCOc1cc(/C=C(\C#N)C(=O)Nc2ccccc2CC)cc(Br)c1O. The van der Waals surface area contributed by atoms with Crippen molar-refractivity contribution in [3.63, 3.8) is 0 Å². The highest BCUT2D eigenvalue weighted by Crippen LogP contribution is 2.36. The molecule has 1 amide bonds. The Labute approximate surface area is 161 Å². The molecule has 0 radical (unpaired) electrons. The van der Waals surface area contributed by atoms with Crippen molar-refractivity contribution < 1.29 is 14.6 Å². The second kappa shape index (κ2) is 9.07. The highest BCUT2D eigenvalue weighted by atomic mass is 79.9. The van der Waals surface area contributed by atoms with Crippen LogP contribution in [0.2, 0.25) is 0 Å². The highest BCUT2D eigenvalue weighted by Gasteiger charge is 2.13. The van der Waals surface area contributed by atoms with E-state index in [-0.39, 0.29) is 17.1 Å². The average molecular weight is 415 g/mol. The fraction of sp³-hybridized carbons (Fsp3) is 0.200. The first-order valence-corrected chi connectivity index (χ1v) is 8.95. The summed E-state index contributed by atoms with van der Waals surface area (Å²) in [4.78, 5) is 12.5. The number of aromatic hydroxyl groups is 1. The number of phenolic OH excluding ortho intramolecular Hbond substituents is 1. The number of para-hydroxylation sites is 1. The monoisotopic (exact) mass is 414 g/mol. The zero-order valence-electron chi connectivity index (χ0n) is 14.5. The average Bonchev–Trinajstić information content (AvgIpc) is 2.64. The van der Waals surface area contributed by atoms with E-state index in [0.717, 1.165) is 12.0 Å². The molecule has 26 heavy (non-hydrogen) atoms. The van der Waals surface area contributed by atoms with Crippen LogP contribution in [-0.4, -0.2) is 17.6 Å². The van der Waals surface area contributed by atoms with Crippen molar-refractivity contribution in [2.75, 3.05) is 11.9 Å². The normalized spacial score (nSPS) is 10.9. The van der Waals surface area contributed by atoms with Gasteiger partial charge in [0, 0.05) is 5.69 Å². The molecule has 0 atom stereocenters. The van der Waals surface area contributed by atoms with Gasteiger partial charge < -0.3 is 15.2 Å². The molecule has 0 unspecified atom stereocenters. The van der Waals surface area contributed by atoms with Crippen LogP contribution in [0, 0.1) is 11.3 Å². The Balaban J connectivity index is 2.33. The third-order valence-electron chi connectivity index (χ3n) is 3.67. The molecular formula is C20H19BrN2O3. The Kier molecular flexibility index (Phi) is 6.81. The minimum atomic E-state index is -0.490. The topological polar surface area (TPSA) is 82.3 Å². The van der Waals surface area contributed by atoms with E-state index in [1.54, 1.807) is 25.1 Å². The summed E-state index contributed by atoms with van der Waals surface area (Å²) in [5, 5.41) is 22.1. The van der Waals surface area contributed by atoms with Crippen molar-refractivity contribution in [1.82, 2.24) is 0 Å². The van der Waals surface area contributed by atoms with Crippen molar-refractivity contribution in [2.45, 2.75) is 20.3 Å². The molecule has 0 saturated carbocycles.